The van der Waals surface area contributed by atoms with E-state index >= 15 is 0 Å². The van der Waals surface area contributed by atoms with Crippen LogP contribution in [0.15, 0.2) is 18.2 Å². The molecule has 0 saturated carbocycles. The van der Waals surface area contributed by atoms with Gasteiger partial charge in [-0.15, -0.1) is 0 Å². The lowest BCUT2D eigenvalue weighted by Gasteiger charge is -2.26. The van der Waals surface area contributed by atoms with Crippen molar-refractivity contribution in [1.82, 2.24) is 10.2 Å². The lowest BCUT2D eigenvalue weighted by Crippen LogP contribution is -2.48. The van der Waals surface area contributed by atoms with Gasteiger partial charge in [0.25, 0.3) is 5.91 Å². The van der Waals surface area contributed by atoms with E-state index in [0.717, 1.165) is 10.5 Å². The van der Waals surface area contributed by atoms with Gasteiger partial charge in [-0.3, -0.25) is 9.59 Å². The van der Waals surface area contributed by atoms with Crippen LogP contribution >= 0.6 is 0 Å². The van der Waals surface area contributed by atoms with Crippen LogP contribution in [0.4, 0.5) is 0 Å². The lowest BCUT2D eigenvalue weighted by atomic mass is 10.2. The van der Waals surface area contributed by atoms with E-state index in [2.05, 4.69) is 5.32 Å². The number of hydrogen-bond donors (Lipinski definition) is 2. The number of carbonyl (C=O) groups excluding carboxylic acids is 2. The van der Waals surface area contributed by atoms with Gasteiger partial charge in [-0.2, -0.15) is 0 Å². The van der Waals surface area contributed by atoms with Gasteiger partial charge in [-0.25, -0.2) is 4.79 Å². The predicted molar refractivity (Wildman–Crippen MR) is 90.7 cm³/mol. The smallest absolute Gasteiger partial charge is 0.326 e. The van der Waals surface area contributed by atoms with Gasteiger partial charge in [-0.05, 0) is 37.6 Å². The minimum atomic E-state index is -1.13. The number of methoxy groups -OCH3 is 1. The van der Waals surface area contributed by atoms with Gasteiger partial charge in [0.1, 0.15) is 17.5 Å². The number of hydrogen-bond acceptors (Lipinski definition) is 5. The highest BCUT2D eigenvalue weighted by atomic mass is 16.5. The second kappa shape index (κ2) is 9.51. The van der Waals surface area contributed by atoms with Crippen LogP contribution < -0.4 is 14.8 Å². The summed E-state index contributed by atoms with van der Waals surface area (Å²) < 4.78 is 10.6. The molecule has 8 heteroatoms. The summed E-state index contributed by atoms with van der Waals surface area (Å²) in [5.74, 6) is -0.669. The minimum absolute atomic E-state index is 0.0802. The Balaban J connectivity index is 2.71. The summed E-state index contributed by atoms with van der Waals surface area (Å²) in [6.45, 7) is 4.55. The van der Waals surface area contributed by atoms with Crippen molar-refractivity contribution in [2.24, 2.45) is 0 Å². The van der Waals surface area contributed by atoms with E-state index in [4.69, 9.17) is 14.6 Å². The molecule has 0 bridgehead atoms. The fourth-order valence-electron chi connectivity index (χ4n) is 2.19. The molecule has 0 fully saturated rings. The number of aliphatic carboxylic acids is 1. The van der Waals surface area contributed by atoms with E-state index in [-0.39, 0.29) is 25.6 Å². The predicted octanol–water partition coefficient (Wildman–Crippen LogP) is 0.820. The Labute approximate surface area is 146 Å². The second-order valence-electron chi connectivity index (χ2n) is 5.50. The molecule has 2 N–H and O–H groups in total. The third kappa shape index (κ3) is 6.33. The number of ether oxygens (including phenoxy) is 2. The first-order chi connectivity index (χ1) is 11.8. The number of benzene rings is 1. The summed E-state index contributed by atoms with van der Waals surface area (Å²) in [5.41, 5.74) is 0.855. The minimum Gasteiger partial charge on any atom is -0.496 e. The van der Waals surface area contributed by atoms with Crippen LogP contribution in [-0.2, 0) is 14.4 Å². The molecule has 1 unspecified atom stereocenters. The molecule has 1 aromatic carbocycles. The molecular weight excluding hydrogens is 328 g/mol. The molecule has 0 aliphatic carbocycles. The first kappa shape index (κ1) is 20.3. The number of carboxylic acids is 1. The summed E-state index contributed by atoms with van der Waals surface area (Å²) >= 11 is 0. The summed E-state index contributed by atoms with van der Waals surface area (Å²) in [7, 11) is 1.56. The SMILES string of the molecule is COc1ccc(OCC(=O)N(CCNC(C)=O)C(C)C(=O)O)cc1C. The van der Waals surface area contributed by atoms with Crippen LogP contribution in [0, 0.1) is 6.92 Å². The Bertz CT molecular complexity index is 632. The summed E-state index contributed by atoms with van der Waals surface area (Å²) in [6.07, 6.45) is 0. The molecule has 2 amide bonds. The van der Waals surface area contributed by atoms with Crippen LogP contribution in [0.3, 0.4) is 0 Å². The Morgan fingerprint density at radius 3 is 2.52 bits per heavy atom. The number of carbonyl (C=O) groups is 3. The monoisotopic (exact) mass is 352 g/mol. The van der Waals surface area contributed by atoms with Crippen molar-refractivity contribution < 1.29 is 29.0 Å². The highest BCUT2D eigenvalue weighted by Crippen LogP contribution is 2.22. The number of nitrogens with zero attached hydrogens (tertiary/aromatic N) is 1. The molecule has 0 aromatic heterocycles. The highest BCUT2D eigenvalue weighted by Gasteiger charge is 2.25. The third-order valence-corrected chi connectivity index (χ3v) is 3.60. The first-order valence-corrected chi connectivity index (χ1v) is 7.80. The Morgan fingerprint density at radius 2 is 2.00 bits per heavy atom. The molecular formula is C17H24N2O6. The van der Waals surface area contributed by atoms with Crippen molar-refractivity contribution in [2.45, 2.75) is 26.8 Å². The standard InChI is InChI=1S/C17H24N2O6/c1-11-9-14(5-6-15(11)24-4)25-10-16(21)19(12(2)17(22)23)8-7-18-13(3)20/h5-6,9,12H,7-8,10H2,1-4H3,(H,18,20)(H,22,23). The van der Waals surface area contributed by atoms with Gasteiger partial charge >= 0.3 is 5.97 Å². The number of aryl methyl sites for hydroxylation is 1. The van der Waals surface area contributed by atoms with E-state index < -0.39 is 17.9 Å². The zero-order valence-electron chi connectivity index (χ0n) is 14.9. The van der Waals surface area contributed by atoms with E-state index in [1.54, 1.807) is 25.3 Å². The Morgan fingerprint density at radius 1 is 1.32 bits per heavy atom. The third-order valence-electron chi connectivity index (χ3n) is 3.60. The number of nitrogens with one attached hydrogen (secondary N) is 1. The first-order valence-electron chi connectivity index (χ1n) is 7.80. The van der Waals surface area contributed by atoms with Crippen LogP contribution in [-0.4, -0.2) is 60.6 Å². The van der Waals surface area contributed by atoms with Gasteiger partial charge < -0.3 is 24.8 Å². The average molecular weight is 352 g/mol. The zero-order chi connectivity index (χ0) is 19.0. The molecule has 0 spiro atoms. The maximum Gasteiger partial charge on any atom is 0.326 e. The Kier molecular flexibility index (Phi) is 7.71. The number of rotatable bonds is 9. The molecule has 0 radical (unpaired) electrons. The van der Waals surface area contributed by atoms with Crippen molar-refractivity contribution in [3.63, 3.8) is 0 Å². The molecule has 138 valence electrons. The molecule has 0 saturated heterocycles. The van der Waals surface area contributed by atoms with Crippen LogP contribution in [0.5, 0.6) is 11.5 Å². The van der Waals surface area contributed by atoms with Crippen LogP contribution in [0.25, 0.3) is 0 Å². The van der Waals surface area contributed by atoms with Crippen molar-refractivity contribution in [3.05, 3.63) is 23.8 Å². The molecule has 1 atom stereocenters. The number of amides is 2. The van der Waals surface area contributed by atoms with Gasteiger partial charge in [0, 0.05) is 20.0 Å². The quantitative estimate of drug-likeness (QED) is 0.682. The molecule has 8 nitrogen and oxygen atoms in total. The van der Waals surface area contributed by atoms with Crippen LogP contribution in [0.1, 0.15) is 19.4 Å². The summed E-state index contributed by atoms with van der Waals surface area (Å²) in [6, 6.07) is 4.10. The van der Waals surface area contributed by atoms with Crippen molar-refractivity contribution >= 4 is 17.8 Å². The van der Waals surface area contributed by atoms with E-state index in [9.17, 15) is 14.4 Å². The van der Waals surface area contributed by atoms with E-state index in [1.807, 2.05) is 6.92 Å². The normalized spacial score (nSPS) is 11.4. The van der Waals surface area contributed by atoms with Gasteiger partial charge in [0.05, 0.1) is 7.11 Å². The van der Waals surface area contributed by atoms with Gasteiger partial charge in [-0.1, -0.05) is 0 Å². The largest absolute Gasteiger partial charge is 0.496 e. The molecule has 25 heavy (non-hydrogen) atoms. The summed E-state index contributed by atoms with van der Waals surface area (Å²) in [5, 5.41) is 11.7. The maximum atomic E-state index is 12.3. The van der Waals surface area contributed by atoms with Crippen molar-refractivity contribution in [1.29, 1.82) is 0 Å². The van der Waals surface area contributed by atoms with Gasteiger partial charge in [0.2, 0.25) is 5.91 Å². The fourth-order valence-corrected chi connectivity index (χ4v) is 2.19. The molecule has 0 aliphatic rings. The lowest BCUT2D eigenvalue weighted by molar-refractivity contribution is -0.150. The van der Waals surface area contributed by atoms with E-state index in [1.165, 1.54) is 13.8 Å². The van der Waals surface area contributed by atoms with Crippen molar-refractivity contribution in [2.75, 3.05) is 26.8 Å². The zero-order valence-corrected chi connectivity index (χ0v) is 14.9. The highest BCUT2D eigenvalue weighted by molar-refractivity contribution is 5.84. The van der Waals surface area contributed by atoms with Crippen molar-refractivity contribution in [3.8, 4) is 11.5 Å². The van der Waals surface area contributed by atoms with E-state index in [0.29, 0.717) is 11.5 Å². The van der Waals surface area contributed by atoms with Crippen LogP contribution in [0.2, 0.25) is 0 Å². The topological polar surface area (TPSA) is 105 Å². The molecule has 1 aromatic rings. The molecule has 0 aliphatic heterocycles. The Hall–Kier alpha value is -2.77. The maximum absolute atomic E-state index is 12.3. The number of carboxylic acid groups (broad SMARTS) is 1. The average Bonchev–Trinajstić information content (AvgIpc) is 2.55. The fraction of sp³-hybridized carbons (Fsp3) is 0.471. The summed E-state index contributed by atoms with van der Waals surface area (Å²) in [4.78, 5) is 35.6. The molecule has 1 rings (SSSR count). The van der Waals surface area contributed by atoms with Gasteiger partial charge in [0.15, 0.2) is 6.61 Å². The molecule has 0 heterocycles. The second-order valence-corrected chi connectivity index (χ2v) is 5.50.